The molecule has 1 aliphatic rings. The zero-order valence-corrected chi connectivity index (χ0v) is 12.2. The minimum Gasteiger partial charge on any atom is -0.478 e. The van der Waals surface area contributed by atoms with Gasteiger partial charge in [-0.1, -0.05) is 24.3 Å². The number of hydrogen-bond acceptors (Lipinski definition) is 3. The van der Waals surface area contributed by atoms with Gasteiger partial charge in [-0.05, 0) is 29.8 Å². The molecule has 2 aromatic carbocycles. The third-order valence-corrected chi connectivity index (χ3v) is 3.42. The van der Waals surface area contributed by atoms with Crippen LogP contribution in [0.1, 0.15) is 36.6 Å². The molecule has 2 aromatic rings. The molecule has 1 heterocycles. The largest absolute Gasteiger partial charge is 0.478 e. The van der Waals surface area contributed by atoms with E-state index in [-0.39, 0.29) is 36.3 Å². The molecular formula is C16H12ClNO4. The maximum atomic E-state index is 12.2. The molecule has 0 unspecified atom stereocenters. The van der Waals surface area contributed by atoms with E-state index in [0.29, 0.717) is 16.7 Å². The highest BCUT2D eigenvalue weighted by molar-refractivity contribution is 6.21. The van der Waals surface area contributed by atoms with Crippen molar-refractivity contribution in [3.8, 4) is 0 Å². The van der Waals surface area contributed by atoms with Crippen LogP contribution in [0.15, 0.2) is 48.5 Å². The van der Waals surface area contributed by atoms with Gasteiger partial charge in [-0.15, -0.1) is 12.4 Å². The Morgan fingerprint density at radius 2 is 1.41 bits per heavy atom. The van der Waals surface area contributed by atoms with Gasteiger partial charge < -0.3 is 5.11 Å². The van der Waals surface area contributed by atoms with Crippen LogP contribution in [0, 0.1) is 0 Å². The van der Waals surface area contributed by atoms with Gasteiger partial charge in [0.25, 0.3) is 11.8 Å². The van der Waals surface area contributed by atoms with Gasteiger partial charge in [0.15, 0.2) is 0 Å². The number of carbonyl (C=O) groups excluding carboxylic acids is 2. The summed E-state index contributed by atoms with van der Waals surface area (Å²) >= 11 is 0. The van der Waals surface area contributed by atoms with E-state index >= 15 is 0 Å². The number of carboxylic acids is 1. The predicted molar refractivity (Wildman–Crippen MR) is 81.3 cm³/mol. The molecule has 0 spiro atoms. The van der Waals surface area contributed by atoms with E-state index in [2.05, 4.69) is 0 Å². The van der Waals surface area contributed by atoms with E-state index in [4.69, 9.17) is 5.11 Å². The van der Waals surface area contributed by atoms with Crippen molar-refractivity contribution >= 4 is 30.2 Å². The third-order valence-electron chi connectivity index (χ3n) is 3.42. The first kappa shape index (κ1) is 15.7. The Balaban J connectivity index is 0.00000176. The Bertz CT molecular complexity index is 720. The van der Waals surface area contributed by atoms with E-state index in [0.717, 1.165) is 0 Å². The average molecular weight is 318 g/mol. The minimum absolute atomic E-state index is 0. The molecular weight excluding hydrogens is 306 g/mol. The minimum atomic E-state index is -1.01. The lowest BCUT2D eigenvalue weighted by atomic mass is 10.1. The molecule has 0 aliphatic carbocycles. The summed E-state index contributed by atoms with van der Waals surface area (Å²) < 4.78 is 0. The molecule has 112 valence electrons. The Labute approximate surface area is 132 Å². The number of rotatable bonds is 3. The Morgan fingerprint density at radius 3 is 1.86 bits per heavy atom. The molecule has 0 bridgehead atoms. The lowest BCUT2D eigenvalue weighted by Crippen LogP contribution is -2.29. The van der Waals surface area contributed by atoms with Crippen LogP contribution in [0.2, 0.25) is 0 Å². The number of halogens is 1. The van der Waals surface area contributed by atoms with Crippen molar-refractivity contribution in [1.29, 1.82) is 0 Å². The summed E-state index contributed by atoms with van der Waals surface area (Å²) in [7, 11) is 0. The summed E-state index contributed by atoms with van der Waals surface area (Å²) in [5, 5.41) is 8.84. The van der Waals surface area contributed by atoms with Crippen LogP contribution < -0.4 is 0 Å². The molecule has 0 saturated heterocycles. The second kappa shape index (κ2) is 5.99. The average Bonchev–Trinajstić information content (AvgIpc) is 2.73. The van der Waals surface area contributed by atoms with Crippen LogP contribution >= 0.6 is 12.4 Å². The van der Waals surface area contributed by atoms with E-state index in [1.165, 1.54) is 17.0 Å². The van der Waals surface area contributed by atoms with Crippen LogP contribution in [0.3, 0.4) is 0 Å². The number of carbonyl (C=O) groups is 3. The zero-order valence-electron chi connectivity index (χ0n) is 11.4. The second-order valence-corrected chi connectivity index (χ2v) is 4.74. The second-order valence-electron chi connectivity index (χ2n) is 4.74. The highest BCUT2D eigenvalue weighted by Crippen LogP contribution is 2.24. The normalized spacial score (nSPS) is 12.8. The molecule has 3 rings (SSSR count). The van der Waals surface area contributed by atoms with Crippen LogP contribution in [-0.2, 0) is 6.54 Å². The Hall–Kier alpha value is -2.66. The number of amides is 2. The van der Waals surface area contributed by atoms with Gasteiger partial charge in [0, 0.05) is 0 Å². The molecule has 0 atom stereocenters. The number of benzene rings is 2. The fourth-order valence-corrected chi connectivity index (χ4v) is 2.32. The summed E-state index contributed by atoms with van der Waals surface area (Å²) in [5.74, 6) is -1.65. The molecule has 1 N–H and O–H groups in total. The van der Waals surface area contributed by atoms with Gasteiger partial charge in [-0.25, -0.2) is 4.79 Å². The standard InChI is InChI=1S/C16H11NO4.ClH/c18-14-12-3-1-2-4-13(12)15(19)17(14)9-10-5-7-11(8-6-10)16(20)21;/h1-8H,9H2,(H,20,21);1H. The van der Waals surface area contributed by atoms with E-state index in [1.54, 1.807) is 36.4 Å². The molecule has 5 nitrogen and oxygen atoms in total. The summed E-state index contributed by atoms with van der Waals surface area (Å²) in [6.45, 7) is 0.131. The number of carboxylic acid groups (broad SMARTS) is 1. The molecule has 0 aromatic heterocycles. The topological polar surface area (TPSA) is 74.7 Å². The van der Waals surface area contributed by atoms with Gasteiger partial charge in [-0.3, -0.25) is 14.5 Å². The Kier molecular flexibility index (Phi) is 4.28. The highest BCUT2D eigenvalue weighted by Gasteiger charge is 2.34. The fraction of sp³-hybridized carbons (Fsp3) is 0.0625. The van der Waals surface area contributed by atoms with Gasteiger partial charge in [0.1, 0.15) is 0 Å². The molecule has 6 heteroatoms. The van der Waals surface area contributed by atoms with Gasteiger partial charge in [0.05, 0.1) is 23.2 Å². The summed E-state index contributed by atoms with van der Waals surface area (Å²) in [4.78, 5) is 36.4. The first-order valence-corrected chi connectivity index (χ1v) is 6.35. The predicted octanol–water partition coefficient (Wildman–Crippen LogP) is 2.60. The SMILES string of the molecule is Cl.O=C(O)c1ccc(CN2C(=O)c3ccccc3C2=O)cc1. The third kappa shape index (κ3) is 2.58. The monoisotopic (exact) mass is 317 g/mol. The first-order chi connectivity index (χ1) is 10.1. The molecule has 0 fully saturated rings. The quantitative estimate of drug-likeness (QED) is 0.883. The van der Waals surface area contributed by atoms with Crippen LogP contribution in [-0.4, -0.2) is 27.8 Å². The van der Waals surface area contributed by atoms with E-state index in [1.807, 2.05) is 0 Å². The van der Waals surface area contributed by atoms with Crippen molar-refractivity contribution in [3.05, 3.63) is 70.8 Å². The highest BCUT2D eigenvalue weighted by atomic mass is 35.5. The van der Waals surface area contributed by atoms with Crippen molar-refractivity contribution in [3.63, 3.8) is 0 Å². The van der Waals surface area contributed by atoms with Crippen molar-refractivity contribution in [2.75, 3.05) is 0 Å². The molecule has 22 heavy (non-hydrogen) atoms. The van der Waals surface area contributed by atoms with Gasteiger partial charge >= 0.3 is 5.97 Å². The lowest BCUT2D eigenvalue weighted by Gasteiger charge is -2.13. The number of nitrogens with zero attached hydrogens (tertiary/aromatic N) is 1. The van der Waals surface area contributed by atoms with E-state index < -0.39 is 5.97 Å². The summed E-state index contributed by atoms with van der Waals surface area (Å²) in [6.07, 6.45) is 0. The number of imide groups is 1. The smallest absolute Gasteiger partial charge is 0.335 e. The van der Waals surface area contributed by atoms with Crippen LogP contribution in [0.4, 0.5) is 0 Å². The maximum Gasteiger partial charge on any atom is 0.335 e. The zero-order chi connectivity index (χ0) is 15.0. The van der Waals surface area contributed by atoms with Crippen LogP contribution in [0.5, 0.6) is 0 Å². The molecule has 0 radical (unpaired) electrons. The number of fused-ring (bicyclic) bond motifs is 1. The van der Waals surface area contributed by atoms with Crippen molar-refractivity contribution in [1.82, 2.24) is 4.90 Å². The first-order valence-electron chi connectivity index (χ1n) is 6.35. The lowest BCUT2D eigenvalue weighted by molar-refractivity contribution is 0.0638. The Morgan fingerprint density at radius 1 is 0.909 bits per heavy atom. The van der Waals surface area contributed by atoms with Crippen molar-refractivity contribution in [2.45, 2.75) is 6.54 Å². The maximum absolute atomic E-state index is 12.2. The van der Waals surface area contributed by atoms with Gasteiger partial charge in [0.2, 0.25) is 0 Å². The summed E-state index contributed by atoms with van der Waals surface area (Å²) in [5.41, 5.74) is 1.69. The van der Waals surface area contributed by atoms with Crippen molar-refractivity contribution < 1.29 is 19.5 Å². The fourth-order valence-electron chi connectivity index (χ4n) is 2.32. The number of hydrogen-bond donors (Lipinski definition) is 1. The van der Waals surface area contributed by atoms with E-state index in [9.17, 15) is 14.4 Å². The van der Waals surface area contributed by atoms with Crippen LogP contribution in [0.25, 0.3) is 0 Å². The van der Waals surface area contributed by atoms with Crippen molar-refractivity contribution in [2.24, 2.45) is 0 Å². The molecule has 2 amide bonds. The number of aromatic carboxylic acids is 1. The molecule has 0 saturated carbocycles. The van der Waals surface area contributed by atoms with Gasteiger partial charge in [-0.2, -0.15) is 0 Å². The summed E-state index contributed by atoms with van der Waals surface area (Å²) in [6, 6.07) is 12.8. The molecule has 1 aliphatic heterocycles.